The molecule has 0 bridgehead atoms. The lowest BCUT2D eigenvalue weighted by Crippen LogP contribution is -2.49. The molecule has 27 heavy (non-hydrogen) atoms. The Morgan fingerprint density at radius 2 is 1.81 bits per heavy atom. The van der Waals surface area contributed by atoms with Gasteiger partial charge in [-0.2, -0.15) is 0 Å². The SMILES string of the molecule is CC[C@@H](C(=O)NC)N(Cc1ccccc1)C(=O)COc1cc(C)ccc1C. The molecule has 0 spiro atoms. The molecule has 0 aliphatic rings. The van der Waals surface area contributed by atoms with E-state index >= 15 is 0 Å². The smallest absolute Gasteiger partial charge is 0.261 e. The molecule has 0 saturated carbocycles. The highest BCUT2D eigenvalue weighted by Crippen LogP contribution is 2.20. The maximum Gasteiger partial charge on any atom is 0.261 e. The minimum absolute atomic E-state index is 0.107. The maximum atomic E-state index is 13.0. The van der Waals surface area contributed by atoms with E-state index in [-0.39, 0.29) is 18.4 Å². The van der Waals surface area contributed by atoms with Gasteiger partial charge in [-0.1, -0.05) is 49.4 Å². The average Bonchev–Trinajstić information content (AvgIpc) is 2.68. The number of carbonyl (C=O) groups excluding carboxylic acids is 2. The van der Waals surface area contributed by atoms with Crippen LogP contribution in [0.2, 0.25) is 0 Å². The van der Waals surface area contributed by atoms with Crippen LogP contribution in [-0.2, 0) is 16.1 Å². The third kappa shape index (κ3) is 5.58. The second-order valence-corrected chi connectivity index (χ2v) is 6.60. The molecule has 144 valence electrons. The van der Waals surface area contributed by atoms with E-state index in [2.05, 4.69) is 5.32 Å². The van der Waals surface area contributed by atoms with E-state index in [0.717, 1.165) is 16.7 Å². The average molecular weight is 368 g/mol. The molecule has 2 aromatic rings. The highest BCUT2D eigenvalue weighted by Gasteiger charge is 2.28. The summed E-state index contributed by atoms with van der Waals surface area (Å²) < 4.78 is 5.78. The molecule has 2 rings (SSSR count). The van der Waals surface area contributed by atoms with E-state index in [0.29, 0.717) is 18.7 Å². The van der Waals surface area contributed by atoms with Gasteiger partial charge in [0, 0.05) is 13.6 Å². The van der Waals surface area contributed by atoms with Crippen LogP contribution >= 0.6 is 0 Å². The van der Waals surface area contributed by atoms with Crippen LogP contribution in [0.5, 0.6) is 5.75 Å². The lowest BCUT2D eigenvalue weighted by atomic mass is 10.1. The molecule has 5 nitrogen and oxygen atoms in total. The summed E-state index contributed by atoms with van der Waals surface area (Å²) in [7, 11) is 1.59. The largest absolute Gasteiger partial charge is 0.483 e. The van der Waals surface area contributed by atoms with Crippen LogP contribution in [0.4, 0.5) is 0 Å². The number of ether oxygens (including phenoxy) is 1. The second-order valence-electron chi connectivity index (χ2n) is 6.60. The van der Waals surface area contributed by atoms with Crippen molar-refractivity contribution < 1.29 is 14.3 Å². The first kappa shape index (κ1) is 20.5. The van der Waals surface area contributed by atoms with Crippen molar-refractivity contribution in [3.05, 3.63) is 65.2 Å². The second kappa shape index (κ2) is 9.76. The highest BCUT2D eigenvalue weighted by molar-refractivity contribution is 5.88. The number of nitrogens with zero attached hydrogens (tertiary/aromatic N) is 1. The summed E-state index contributed by atoms with van der Waals surface area (Å²) >= 11 is 0. The first-order valence-electron chi connectivity index (χ1n) is 9.21. The molecule has 0 aliphatic heterocycles. The molecular weight excluding hydrogens is 340 g/mol. The van der Waals surface area contributed by atoms with E-state index in [1.165, 1.54) is 0 Å². The fourth-order valence-electron chi connectivity index (χ4n) is 2.95. The summed E-state index contributed by atoms with van der Waals surface area (Å²) in [6, 6.07) is 15.0. The van der Waals surface area contributed by atoms with Gasteiger partial charge < -0.3 is 15.0 Å². The quantitative estimate of drug-likeness (QED) is 0.778. The van der Waals surface area contributed by atoms with Crippen molar-refractivity contribution in [2.75, 3.05) is 13.7 Å². The Labute approximate surface area is 161 Å². The highest BCUT2D eigenvalue weighted by atomic mass is 16.5. The standard InChI is InChI=1S/C22H28N2O3/c1-5-19(22(26)23-4)24(14-18-9-7-6-8-10-18)21(25)15-27-20-13-16(2)11-12-17(20)3/h6-13,19H,5,14-15H2,1-4H3,(H,23,26)/t19-/m0/s1. The van der Waals surface area contributed by atoms with Crippen molar-refractivity contribution in [2.24, 2.45) is 0 Å². The Morgan fingerprint density at radius 1 is 1.11 bits per heavy atom. The first-order valence-corrected chi connectivity index (χ1v) is 9.21. The Bertz CT molecular complexity index is 774. The van der Waals surface area contributed by atoms with Crippen LogP contribution in [0.15, 0.2) is 48.5 Å². The molecule has 2 aromatic carbocycles. The molecular formula is C22H28N2O3. The van der Waals surface area contributed by atoms with E-state index in [1.54, 1.807) is 11.9 Å². The van der Waals surface area contributed by atoms with Gasteiger partial charge in [-0.3, -0.25) is 9.59 Å². The van der Waals surface area contributed by atoms with Crippen molar-refractivity contribution in [1.82, 2.24) is 10.2 Å². The van der Waals surface area contributed by atoms with Gasteiger partial charge in [0.2, 0.25) is 5.91 Å². The number of amides is 2. The lowest BCUT2D eigenvalue weighted by molar-refractivity contribution is -0.142. The Morgan fingerprint density at radius 3 is 2.44 bits per heavy atom. The molecule has 0 radical (unpaired) electrons. The summed E-state index contributed by atoms with van der Waals surface area (Å²) in [5.74, 6) is 0.305. The number of nitrogens with one attached hydrogen (secondary N) is 1. The van der Waals surface area contributed by atoms with Crippen molar-refractivity contribution in [3.8, 4) is 5.75 Å². The molecule has 1 N–H and O–H groups in total. The molecule has 0 aromatic heterocycles. The Balaban J connectivity index is 2.19. The Kier molecular flexibility index (Phi) is 7.41. The zero-order chi connectivity index (χ0) is 19.8. The van der Waals surface area contributed by atoms with Gasteiger partial charge in [0.1, 0.15) is 11.8 Å². The van der Waals surface area contributed by atoms with Crippen molar-refractivity contribution in [2.45, 2.75) is 39.8 Å². The lowest BCUT2D eigenvalue weighted by Gasteiger charge is -2.30. The fraction of sp³-hybridized carbons (Fsp3) is 0.364. The van der Waals surface area contributed by atoms with E-state index in [4.69, 9.17) is 4.74 Å². The van der Waals surface area contributed by atoms with Crippen LogP contribution in [0, 0.1) is 13.8 Å². The summed E-state index contributed by atoms with van der Waals surface area (Å²) in [6.45, 7) is 6.08. The van der Waals surface area contributed by atoms with Gasteiger partial charge in [0.25, 0.3) is 5.91 Å². The number of aryl methyl sites for hydroxylation is 2. The third-order valence-electron chi connectivity index (χ3n) is 4.52. The predicted octanol–water partition coefficient (Wildman–Crippen LogP) is 3.24. The summed E-state index contributed by atoms with van der Waals surface area (Å²) in [5, 5.41) is 2.65. The van der Waals surface area contributed by atoms with Gasteiger partial charge in [-0.25, -0.2) is 0 Å². The Hall–Kier alpha value is -2.82. The monoisotopic (exact) mass is 368 g/mol. The summed E-state index contributed by atoms with van der Waals surface area (Å²) in [5.41, 5.74) is 3.02. The molecule has 5 heteroatoms. The minimum atomic E-state index is -0.537. The van der Waals surface area contributed by atoms with Crippen LogP contribution in [0.3, 0.4) is 0 Å². The van der Waals surface area contributed by atoms with Gasteiger partial charge in [-0.15, -0.1) is 0 Å². The van der Waals surface area contributed by atoms with Gasteiger partial charge in [0.05, 0.1) is 0 Å². The molecule has 0 fully saturated rings. The molecule has 0 unspecified atom stereocenters. The maximum absolute atomic E-state index is 13.0. The van der Waals surface area contributed by atoms with Crippen LogP contribution in [0.1, 0.15) is 30.0 Å². The topological polar surface area (TPSA) is 58.6 Å². The zero-order valence-corrected chi connectivity index (χ0v) is 16.5. The number of carbonyl (C=O) groups is 2. The number of hydrogen-bond acceptors (Lipinski definition) is 3. The molecule has 1 atom stereocenters. The molecule has 0 aliphatic carbocycles. The van der Waals surface area contributed by atoms with Crippen molar-refractivity contribution in [1.29, 1.82) is 0 Å². The number of hydrogen-bond donors (Lipinski definition) is 1. The fourth-order valence-corrected chi connectivity index (χ4v) is 2.95. The number of benzene rings is 2. The normalized spacial score (nSPS) is 11.6. The van der Waals surface area contributed by atoms with Gasteiger partial charge >= 0.3 is 0 Å². The third-order valence-corrected chi connectivity index (χ3v) is 4.52. The van der Waals surface area contributed by atoms with Crippen LogP contribution in [-0.4, -0.2) is 36.4 Å². The summed E-state index contributed by atoms with van der Waals surface area (Å²) in [6.07, 6.45) is 0.529. The number of rotatable bonds is 8. The van der Waals surface area contributed by atoms with Crippen LogP contribution < -0.4 is 10.1 Å². The zero-order valence-electron chi connectivity index (χ0n) is 16.5. The molecule has 2 amide bonds. The van der Waals surface area contributed by atoms with Crippen molar-refractivity contribution in [3.63, 3.8) is 0 Å². The van der Waals surface area contributed by atoms with E-state index in [9.17, 15) is 9.59 Å². The van der Waals surface area contributed by atoms with Gasteiger partial charge in [0.15, 0.2) is 6.61 Å². The van der Waals surface area contributed by atoms with Gasteiger partial charge in [-0.05, 0) is 43.0 Å². The van der Waals surface area contributed by atoms with E-state index in [1.807, 2.05) is 69.3 Å². The predicted molar refractivity (Wildman–Crippen MR) is 107 cm³/mol. The van der Waals surface area contributed by atoms with Crippen LogP contribution in [0.25, 0.3) is 0 Å². The van der Waals surface area contributed by atoms with Crippen molar-refractivity contribution >= 4 is 11.8 Å². The van der Waals surface area contributed by atoms with E-state index < -0.39 is 6.04 Å². The molecule has 0 heterocycles. The number of likely N-dealkylation sites (N-methyl/N-ethyl adjacent to an activating group) is 1. The molecule has 0 saturated heterocycles. The summed E-state index contributed by atoms with van der Waals surface area (Å²) in [4.78, 5) is 26.9. The first-order chi connectivity index (χ1) is 13.0. The minimum Gasteiger partial charge on any atom is -0.483 e.